The van der Waals surface area contributed by atoms with Gasteiger partial charge in [0.2, 0.25) is 5.91 Å². The van der Waals surface area contributed by atoms with Crippen LogP contribution in [0.4, 0.5) is 0 Å². The van der Waals surface area contributed by atoms with Crippen molar-refractivity contribution >= 4 is 29.0 Å². The van der Waals surface area contributed by atoms with Crippen LogP contribution in [0.2, 0.25) is 0 Å². The Morgan fingerprint density at radius 2 is 1.19 bits per heavy atom. The maximum Gasteiger partial charge on any atom is 0.269 e. The summed E-state index contributed by atoms with van der Waals surface area (Å²) in [6.45, 7) is 7.45. The molecular formula is C55H58N10O5. The summed E-state index contributed by atoms with van der Waals surface area (Å²) in [7, 11) is 1.98. The number of likely N-dealkylation sites (tertiary alicyclic amines) is 2. The van der Waals surface area contributed by atoms with Gasteiger partial charge in [0.15, 0.2) is 11.4 Å². The lowest BCUT2D eigenvalue weighted by Crippen LogP contribution is -2.36. The Balaban J connectivity index is 0.000000174. The second-order valence-corrected chi connectivity index (χ2v) is 17.6. The van der Waals surface area contributed by atoms with Crippen molar-refractivity contribution in [1.29, 1.82) is 0 Å². The van der Waals surface area contributed by atoms with Gasteiger partial charge in [-0.05, 0) is 136 Å². The molecule has 3 amide bonds. The number of para-hydroxylation sites is 2. The standard InChI is InChI=1S/C28H29N5O3.C27H29N5O2/c1-2-3-9-24(34)32-16-14-19(15-17-32)23-18-30-33-26(27(29)35)25(31-28(23)33)20-10-12-22(13-11-20)36-21-7-5-4-6-8-21;1-3-15-31-16-13-19(14-17-31)23-18-29-32-25(26(28)33)24(30(2)27(23)32)20-9-11-22(12-10-20)34-21-7-5-4-6-8-21/h3-13,18-19,31H,2,14-17H2,1H3,(H2,29,35);3-12,15,18-19H,13-14,16-17H2,1-2H3,(H2,28,33)/b9-3+;. The van der Waals surface area contributed by atoms with Crippen LogP contribution in [-0.2, 0) is 11.8 Å². The summed E-state index contributed by atoms with van der Waals surface area (Å²) in [5.41, 5.74) is 19.3. The SMILES string of the molecule is CC/C=C/C(=O)N1CCC(c2cnn3c(C(N)=O)c(-c4ccc(Oc5ccccc5)cc4)[nH]c23)CC1.CC=CN1CCC(c2cnn3c(C(N)=O)c(-c4ccc(Oc5ccccc5)cc4)n(C)c23)CC1. The quantitative estimate of drug-likeness (QED) is 0.0955. The Bertz CT molecular complexity index is 3150. The molecule has 2 aliphatic rings. The fourth-order valence-electron chi connectivity index (χ4n) is 9.66. The molecule has 0 bridgehead atoms. The van der Waals surface area contributed by atoms with Gasteiger partial charge in [0, 0.05) is 55.5 Å². The number of nitrogens with one attached hydrogen (secondary N) is 1. The van der Waals surface area contributed by atoms with E-state index < -0.39 is 11.8 Å². The average molecular weight is 939 g/mol. The highest BCUT2D eigenvalue weighted by atomic mass is 16.5. The molecular weight excluding hydrogens is 881 g/mol. The third kappa shape index (κ3) is 9.81. The Morgan fingerprint density at radius 1 is 0.671 bits per heavy atom. The highest BCUT2D eigenvalue weighted by Gasteiger charge is 2.30. The number of H-pyrrole nitrogens is 1. The van der Waals surface area contributed by atoms with Crippen LogP contribution in [-0.4, -0.2) is 82.5 Å². The van der Waals surface area contributed by atoms with Crippen molar-refractivity contribution in [2.75, 3.05) is 26.2 Å². The minimum absolute atomic E-state index is 0.0633. The van der Waals surface area contributed by atoms with Crippen LogP contribution in [0, 0.1) is 0 Å². The summed E-state index contributed by atoms with van der Waals surface area (Å²) in [5.74, 6) is 2.57. The number of nitrogens with zero attached hydrogens (tertiary/aromatic N) is 7. The van der Waals surface area contributed by atoms with Crippen LogP contribution in [0.25, 0.3) is 33.8 Å². The van der Waals surface area contributed by atoms with Gasteiger partial charge in [-0.3, -0.25) is 14.4 Å². The second kappa shape index (κ2) is 20.9. The van der Waals surface area contributed by atoms with Gasteiger partial charge >= 0.3 is 0 Å². The number of hydrogen-bond acceptors (Lipinski definition) is 8. The smallest absolute Gasteiger partial charge is 0.269 e. The van der Waals surface area contributed by atoms with E-state index in [9.17, 15) is 14.4 Å². The number of amides is 3. The summed E-state index contributed by atoms with van der Waals surface area (Å²) in [6, 6.07) is 34.4. The van der Waals surface area contributed by atoms with Crippen molar-refractivity contribution in [3.63, 3.8) is 0 Å². The number of primary amides is 2. The Kier molecular flexibility index (Phi) is 14.0. The van der Waals surface area contributed by atoms with Gasteiger partial charge in [0.05, 0.1) is 23.8 Å². The van der Waals surface area contributed by atoms with Gasteiger partial charge in [0.1, 0.15) is 34.3 Å². The number of aryl methyl sites for hydroxylation is 1. The Hall–Kier alpha value is -8.33. The van der Waals surface area contributed by atoms with Crippen LogP contribution < -0.4 is 20.9 Å². The largest absolute Gasteiger partial charge is 0.457 e. The molecule has 15 heteroatoms. The number of fused-ring (bicyclic) bond motifs is 2. The number of nitrogens with two attached hydrogens (primary N) is 2. The molecule has 5 N–H and O–H groups in total. The molecule has 8 aromatic rings. The van der Waals surface area contributed by atoms with E-state index in [1.165, 1.54) is 5.56 Å². The van der Waals surface area contributed by atoms with Crippen molar-refractivity contribution in [3.05, 3.63) is 169 Å². The fourth-order valence-corrected chi connectivity index (χ4v) is 9.66. The molecule has 15 nitrogen and oxygen atoms in total. The van der Waals surface area contributed by atoms with E-state index in [1.807, 2.05) is 152 Å². The first-order chi connectivity index (χ1) is 34.1. The molecule has 0 atom stereocenters. The molecule has 0 aliphatic carbocycles. The number of carbonyl (C=O) groups excluding carboxylic acids is 3. The highest BCUT2D eigenvalue weighted by molar-refractivity contribution is 5.99. The zero-order valence-electron chi connectivity index (χ0n) is 39.7. The number of imidazole rings is 2. The van der Waals surface area contributed by atoms with Crippen LogP contribution in [0.1, 0.15) is 89.9 Å². The fraction of sp³-hybridized carbons (Fsp3) is 0.255. The zero-order chi connectivity index (χ0) is 48.7. The lowest BCUT2D eigenvalue weighted by Gasteiger charge is -2.31. The normalized spacial score (nSPS) is 14.7. The average Bonchev–Trinajstić information content (AvgIpc) is 4.16. The molecule has 2 aliphatic heterocycles. The topological polar surface area (TPSA) is 184 Å². The van der Waals surface area contributed by atoms with Crippen LogP contribution in [0.15, 0.2) is 146 Å². The van der Waals surface area contributed by atoms with E-state index in [4.69, 9.17) is 20.9 Å². The van der Waals surface area contributed by atoms with Gasteiger partial charge in [-0.2, -0.15) is 10.2 Å². The monoisotopic (exact) mass is 938 g/mol. The van der Waals surface area contributed by atoms with Crippen molar-refractivity contribution in [3.8, 4) is 45.5 Å². The first-order valence-corrected chi connectivity index (χ1v) is 23.9. The Morgan fingerprint density at radius 3 is 1.74 bits per heavy atom. The van der Waals surface area contributed by atoms with Crippen molar-refractivity contribution in [2.45, 2.75) is 57.8 Å². The molecule has 0 saturated carbocycles. The van der Waals surface area contributed by atoms with E-state index in [2.05, 4.69) is 32.4 Å². The molecule has 358 valence electrons. The molecule has 0 spiro atoms. The molecule has 6 heterocycles. The second-order valence-electron chi connectivity index (χ2n) is 17.6. The number of aromatic nitrogens is 6. The van der Waals surface area contributed by atoms with Gasteiger partial charge in [-0.1, -0.05) is 55.5 Å². The maximum atomic E-state index is 12.5. The van der Waals surface area contributed by atoms with Gasteiger partial charge in [-0.15, -0.1) is 0 Å². The van der Waals surface area contributed by atoms with Crippen LogP contribution in [0.5, 0.6) is 23.0 Å². The number of piperidine rings is 2. The van der Waals surface area contributed by atoms with Crippen molar-refractivity contribution < 1.29 is 23.9 Å². The summed E-state index contributed by atoms with van der Waals surface area (Å²) in [6.07, 6.45) is 16.1. The highest BCUT2D eigenvalue weighted by Crippen LogP contribution is 2.37. The van der Waals surface area contributed by atoms with Gasteiger partial charge < -0.3 is 40.3 Å². The number of allylic oxidation sites excluding steroid dienone is 2. The van der Waals surface area contributed by atoms with Crippen LogP contribution >= 0.6 is 0 Å². The molecule has 0 unspecified atom stereocenters. The number of ether oxygens (including phenoxy) is 2. The third-order valence-electron chi connectivity index (χ3n) is 13.1. The van der Waals surface area contributed by atoms with Crippen LogP contribution in [0.3, 0.4) is 0 Å². The first-order valence-electron chi connectivity index (χ1n) is 23.9. The molecule has 4 aromatic heterocycles. The van der Waals surface area contributed by atoms with E-state index in [-0.39, 0.29) is 11.8 Å². The summed E-state index contributed by atoms with van der Waals surface area (Å²) in [4.78, 5) is 44.9. The molecule has 4 aromatic carbocycles. The molecule has 2 fully saturated rings. The number of aromatic amines is 1. The predicted octanol–water partition coefficient (Wildman–Crippen LogP) is 9.84. The molecule has 10 rings (SSSR count). The summed E-state index contributed by atoms with van der Waals surface area (Å²) < 4.78 is 17.2. The maximum absolute atomic E-state index is 12.5. The minimum Gasteiger partial charge on any atom is -0.457 e. The number of carbonyl (C=O) groups is 3. The number of hydrogen-bond donors (Lipinski definition) is 3. The van der Waals surface area contributed by atoms with Crippen molar-refractivity contribution in [2.24, 2.45) is 18.5 Å². The molecule has 0 radical (unpaired) electrons. The lowest BCUT2D eigenvalue weighted by molar-refractivity contribution is -0.127. The summed E-state index contributed by atoms with van der Waals surface area (Å²) in [5, 5.41) is 9.09. The minimum atomic E-state index is -0.557. The van der Waals surface area contributed by atoms with E-state index in [0.29, 0.717) is 41.8 Å². The number of benzene rings is 4. The van der Waals surface area contributed by atoms with E-state index >= 15 is 0 Å². The van der Waals surface area contributed by atoms with Gasteiger partial charge in [-0.25, -0.2) is 9.03 Å². The van der Waals surface area contributed by atoms with Gasteiger partial charge in [0.25, 0.3) is 11.8 Å². The van der Waals surface area contributed by atoms with E-state index in [1.54, 1.807) is 21.3 Å². The lowest BCUT2D eigenvalue weighted by atomic mass is 9.91. The predicted molar refractivity (Wildman–Crippen MR) is 271 cm³/mol. The molecule has 70 heavy (non-hydrogen) atoms. The summed E-state index contributed by atoms with van der Waals surface area (Å²) >= 11 is 0. The zero-order valence-corrected chi connectivity index (χ0v) is 39.7. The van der Waals surface area contributed by atoms with Crippen molar-refractivity contribution in [1.82, 2.24) is 38.6 Å². The van der Waals surface area contributed by atoms with E-state index in [0.717, 1.165) is 96.1 Å². The molecule has 2 saturated heterocycles. The Labute approximate surface area is 406 Å². The number of rotatable bonds is 13. The third-order valence-corrected chi connectivity index (χ3v) is 13.1. The first kappa shape index (κ1) is 46.8.